The topological polar surface area (TPSA) is 44.8 Å². The average Bonchev–Trinajstić information content (AvgIpc) is 2.93. The van der Waals surface area contributed by atoms with Gasteiger partial charge in [0.1, 0.15) is 23.7 Å². The van der Waals surface area contributed by atoms with Crippen molar-refractivity contribution in [1.82, 2.24) is 0 Å². The number of carbonyl (C=O) groups excluding carboxylic acids is 1. The predicted molar refractivity (Wildman–Crippen MR) is 154 cm³/mol. The standard InChI is InChI=1S/C33H50O4/c1-3-4-5-6-7-8-9-10-11-12-13-14-15-16-17-21-26-36-30-24-25-31(33(34)35-2)32(27-30)37-28-29-22-19-18-20-23-29/h18-20,22-25,27H,3-17,21,26,28H2,1-2H3. The molecule has 0 aliphatic heterocycles. The second-order valence-corrected chi connectivity index (χ2v) is 10.1. The summed E-state index contributed by atoms with van der Waals surface area (Å²) in [7, 11) is 1.38. The summed E-state index contributed by atoms with van der Waals surface area (Å²) >= 11 is 0. The zero-order valence-corrected chi connectivity index (χ0v) is 23.5. The van der Waals surface area contributed by atoms with Crippen LogP contribution in [0.25, 0.3) is 0 Å². The Morgan fingerprint density at radius 2 is 1.19 bits per heavy atom. The number of methoxy groups -OCH3 is 1. The minimum atomic E-state index is -0.410. The molecule has 4 nitrogen and oxygen atoms in total. The highest BCUT2D eigenvalue weighted by Crippen LogP contribution is 2.27. The van der Waals surface area contributed by atoms with Gasteiger partial charge in [-0.2, -0.15) is 0 Å². The van der Waals surface area contributed by atoms with E-state index in [4.69, 9.17) is 14.2 Å². The largest absolute Gasteiger partial charge is 0.493 e. The van der Waals surface area contributed by atoms with Crippen molar-refractivity contribution in [3.63, 3.8) is 0 Å². The highest BCUT2D eigenvalue weighted by atomic mass is 16.5. The Kier molecular flexibility index (Phi) is 17.1. The first-order valence-corrected chi connectivity index (χ1v) is 14.8. The zero-order valence-electron chi connectivity index (χ0n) is 23.5. The van der Waals surface area contributed by atoms with Crippen molar-refractivity contribution in [1.29, 1.82) is 0 Å². The molecule has 0 amide bonds. The molecular weight excluding hydrogens is 460 g/mol. The molecule has 0 saturated carbocycles. The van der Waals surface area contributed by atoms with Gasteiger partial charge in [-0.15, -0.1) is 0 Å². The van der Waals surface area contributed by atoms with Crippen LogP contribution in [-0.4, -0.2) is 19.7 Å². The summed E-state index contributed by atoms with van der Waals surface area (Å²) in [5.74, 6) is 0.796. The van der Waals surface area contributed by atoms with Crippen LogP contribution in [-0.2, 0) is 11.3 Å². The molecule has 0 atom stereocenters. The molecule has 0 unspecified atom stereocenters. The van der Waals surface area contributed by atoms with E-state index in [2.05, 4.69) is 6.92 Å². The molecule has 0 fully saturated rings. The van der Waals surface area contributed by atoms with Crippen LogP contribution in [0, 0.1) is 0 Å². The monoisotopic (exact) mass is 510 g/mol. The van der Waals surface area contributed by atoms with Gasteiger partial charge in [0.05, 0.1) is 13.7 Å². The van der Waals surface area contributed by atoms with Crippen LogP contribution >= 0.6 is 0 Å². The molecule has 0 aliphatic carbocycles. The smallest absolute Gasteiger partial charge is 0.341 e. The third-order valence-corrected chi connectivity index (χ3v) is 6.86. The number of hydrogen-bond donors (Lipinski definition) is 0. The zero-order chi connectivity index (χ0) is 26.4. The minimum absolute atomic E-state index is 0.382. The molecule has 0 N–H and O–H groups in total. The van der Waals surface area contributed by atoms with Gasteiger partial charge in [0, 0.05) is 6.07 Å². The van der Waals surface area contributed by atoms with Crippen LogP contribution in [0.5, 0.6) is 11.5 Å². The maximum Gasteiger partial charge on any atom is 0.341 e. The molecular formula is C33H50O4. The van der Waals surface area contributed by atoms with Crippen LogP contribution in [0.1, 0.15) is 126 Å². The molecule has 2 rings (SSSR count). The van der Waals surface area contributed by atoms with Crippen molar-refractivity contribution in [2.24, 2.45) is 0 Å². The van der Waals surface area contributed by atoms with Crippen molar-refractivity contribution in [2.75, 3.05) is 13.7 Å². The first kappa shape index (κ1) is 30.7. The first-order chi connectivity index (χ1) is 18.2. The summed E-state index contributed by atoms with van der Waals surface area (Å²) in [6, 6.07) is 15.2. The Morgan fingerprint density at radius 3 is 1.73 bits per heavy atom. The molecule has 206 valence electrons. The molecule has 0 bridgehead atoms. The molecule has 2 aromatic rings. The fraction of sp³-hybridized carbons (Fsp3) is 0.606. The van der Waals surface area contributed by atoms with Gasteiger partial charge in [-0.25, -0.2) is 4.79 Å². The van der Waals surface area contributed by atoms with E-state index in [1.54, 1.807) is 12.1 Å². The number of unbranched alkanes of at least 4 members (excludes halogenated alkanes) is 15. The summed E-state index contributed by atoms with van der Waals surface area (Å²) < 4.78 is 16.8. The highest BCUT2D eigenvalue weighted by molar-refractivity contribution is 5.92. The van der Waals surface area contributed by atoms with Gasteiger partial charge in [0.25, 0.3) is 0 Å². The second-order valence-electron chi connectivity index (χ2n) is 10.1. The SMILES string of the molecule is CCCCCCCCCCCCCCCCCCOc1ccc(C(=O)OC)c(OCc2ccccc2)c1. The van der Waals surface area contributed by atoms with Crippen LogP contribution in [0.4, 0.5) is 0 Å². The molecule has 0 radical (unpaired) electrons. The van der Waals surface area contributed by atoms with Gasteiger partial charge < -0.3 is 14.2 Å². The van der Waals surface area contributed by atoms with E-state index in [1.807, 2.05) is 36.4 Å². The van der Waals surface area contributed by atoms with E-state index in [0.29, 0.717) is 24.5 Å². The molecule has 37 heavy (non-hydrogen) atoms. The van der Waals surface area contributed by atoms with Gasteiger partial charge in [-0.3, -0.25) is 0 Å². The number of hydrogen-bond acceptors (Lipinski definition) is 4. The van der Waals surface area contributed by atoms with Gasteiger partial charge in [0.2, 0.25) is 0 Å². The van der Waals surface area contributed by atoms with Gasteiger partial charge in [-0.1, -0.05) is 134 Å². The van der Waals surface area contributed by atoms with E-state index in [0.717, 1.165) is 17.7 Å². The minimum Gasteiger partial charge on any atom is -0.493 e. The van der Waals surface area contributed by atoms with Crippen LogP contribution in [0.3, 0.4) is 0 Å². The lowest BCUT2D eigenvalue weighted by Crippen LogP contribution is -2.07. The van der Waals surface area contributed by atoms with Gasteiger partial charge in [0.15, 0.2) is 0 Å². The number of rotatable bonds is 22. The molecule has 2 aromatic carbocycles. The lowest BCUT2D eigenvalue weighted by molar-refractivity contribution is 0.0595. The molecule has 4 heteroatoms. The van der Waals surface area contributed by atoms with Gasteiger partial charge >= 0.3 is 5.97 Å². The molecule has 0 aromatic heterocycles. The average molecular weight is 511 g/mol. The van der Waals surface area contributed by atoms with Crippen molar-refractivity contribution in [2.45, 2.75) is 116 Å². The summed E-state index contributed by atoms with van der Waals surface area (Å²) in [6.45, 7) is 3.34. The van der Waals surface area contributed by atoms with Crippen LogP contribution in [0.2, 0.25) is 0 Å². The van der Waals surface area contributed by atoms with Crippen LogP contribution in [0.15, 0.2) is 48.5 Å². The number of carbonyl (C=O) groups is 1. The van der Waals surface area contributed by atoms with E-state index < -0.39 is 5.97 Å². The molecule has 0 heterocycles. The highest BCUT2D eigenvalue weighted by Gasteiger charge is 2.14. The second kappa shape index (κ2) is 20.6. The lowest BCUT2D eigenvalue weighted by Gasteiger charge is -2.13. The van der Waals surface area contributed by atoms with Crippen molar-refractivity contribution in [3.8, 4) is 11.5 Å². The van der Waals surface area contributed by atoms with Crippen molar-refractivity contribution >= 4 is 5.97 Å². The predicted octanol–water partition coefficient (Wildman–Crippen LogP) is 9.69. The normalized spacial score (nSPS) is 10.9. The Hall–Kier alpha value is -2.49. The summed E-state index contributed by atoms with van der Waals surface area (Å²) in [5.41, 5.74) is 1.45. The van der Waals surface area contributed by atoms with E-state index in [9.17, 15) is 4.79 Å². The van der Waals surface area contributed by atoms with Crippen molar-refractivity contribution < 1.29 is 19.0 Å². The van der Waals surface area contributed by atoms with E-state index >= 15 is 0 Å². The lowest BCUT2D eigenvalue weighted by atomic mass is 10.0. The summed E-state index contributed by atoms with van der Waals surface area (Å²) in [6.07, 6.45) is 21.7. The molecule has 0 aliphatic rings. The van der Waals surface area contributed by atoms with Gasteiger partial charge in [-0.05, 0) is 24.1 Å². The van der Waals surface area contributed by atoms with E-state index in [-0.39, 0.29) is 0 Å². The van der Waals surface area contributed by atoms with Crippen molar-refractivity contribution in [3.05, 3.63) is 59.7 Å². The Labute approximate surface area is 226 Å². The maximum absolute atomic E-state index is 12.1. The fourth-order valence-electron chi connectivity index (χ4n) is 4.57. The first-order valence-electron chi connectivity index (χ1n) is 14.8. The number of ether oxygens (including phenoxy) is 3. The Morgan fingerprint density at radius 1 is 0.649 bits per heavy atom. The Balaban J connectivity index is 1.53. The van der Waals surface area contributed by atoms with Crippen LogP contribution < -0.4 is 9.47 Å². The number of benzene rings is 2. The fourth-order valence-corrected chi connectivity index (χ4v) is 4.57. The quantitative estimate of drug-likeness (QED) is 0.117. The third kappa shape index (κ3) is 14.1. The summed E-state index contributed by atoms with van der Waals surface area (Å²) in [4.78, 5) is 12.1. The number of esters is 1. The maximum atomic E-state index is 12.1. The molecule has 0 spiro atoms. The summed E-state index contributed by atoms with van der Waals surface area (Å²) in [5, 5.41) is 0. The molecule has 0 saturated heterocycles. The third-order valence-electron chi connectivity index (χ3n) is 6.86. The van der Waals surface area contributed by atoms with E-state index in [1.165, 1.54) is 103 Å². The Bertz CT molecular complexity index is 833.